The van der Waals surface area contributed by atoms with Crippen molar-refractivity contribution >= 4 is 5.69 Å². The molecular formula is C18H18F2N4. The van der Waals surface area contributed by atoms with Gasteiger partial charge in [0.15, 0.2) is 0 Å². The van der Waals surface area contributed by atoms with Gasteiger partial charge in [0.2, 0.25) is 5.95 Å². The van der Waals surface area contributed by atoms with Gasteiger partial charge >= 0.3 is 0 Å². The third-order valence-corrected chi connectivity index (χ3v) is 3.71. The van der Waals surface area contributed by atoms with E-state index in [1.807, 2.05) is 20.8 Å². The normalized spacial score (nSPS) is 11.7. The Hall–Kier alpha value is -2.76. The average molecular weight is 328 g/mol. The van der Waals surface area contributed by atoms with Gasteiger partial charge in [-0.3, -0.25) is 0 Å². The van der Waals surface area contributed by atoms with E-state index in [1.54, 1.807) is 18.2 Å². The number of nitrogens with two attached hydrogens (primary N) is 1. The SMILES string of the molecule is CC(C)(C)c1nc(-c2cccnc2F)c(-c2ccc(F)cc2N)[nH]1. The van der Waals surface area contributed by atoms with Gasteiger partial charge in [-0.1, -0.05) is 20.8 Å². The number of H-pyrrole nitrogens is 1. The number of nitrogens with zero attached hydrogens (tertiary/aromatic N) is 2. The van der Waals surface area contributed by atoms with Crippen LogP contribution in [0.4, 0.5) is 14.5 Å². The molecule has 0 aliphatic carbocycles. The Labute approximate surface area is 138 Å². The number of nitrogen functional groups attached to an aromatic ring is 1. The lowest BCUT2D eigenvalue weighted by molar-refractivity contribution is 0.552. The van der Waals surface area contributed by atoms with E-state index in [-0.39, 0.29) is 16.7 Å². The summed E-state index contributed by atoms with van der Waals surface area (Å²) in [5, 5.41) is 0. The summed E-state index contributed by atoms with van der Waals surface area (Å²) in [6, 6.07) is 7.35. The summed E-state index contributed by atoms with van der Waals surface area (Å²) in [6.07, 6.45) is 1.38. The van der Waals surface area contributed by atoms with Crippen molar-refractivity contribution in [2.75, 3.05) is 5.73 Å². The summed E-state index contributed by atoms with van der Waals surface area (Å²) in [4.78, 5) is 11.5. The maximum absolute atomic E-state index is 14.2. The van der Waals surface area contributed by atoms with Crippen molar-refractivity contribution in [3.05, 3.63) is 54.1 Å². The van der Waals surface area contributed by atoms with Crippen LogP contribution in [0.2, 0.25) is 0 Å². The lowest BCUT2D eigenvalue weighted by Gasteiger charge is -2.14. The van der Waals surface area contributed by atoms with Crippen LogP contribution in [0, 0.1) is 11.8 Å². The molecule has 0 radical (unpaired) electrons. The van der Waals surface area contributed by atoms with E-state index < -0.39 is 11.8 Å². The molecule has 2 heterocycles. The number of pyridine rings is 1. The van der Waals surface area contributed by atoms with Gasteiger partial charge in [0.1, 0.15) is 17.3 Å². The number of benzene rings is 1. The first-order valence-corrected chi connectivity index (χ1v) is 7.54. The minimum atomic E-state index is -0.619. The molecule has 2 aromatic heterocycles. The lowest BCUT2D eigenvalue weighted by Crippen LogP contribution is -2.13. The smallest absolute Gasteiger partial charge is 0.222 e. The Balaban J connectivity index is 2.28. The van der Waals surface area contributed by atoms with Crippen molar-refractivity contribution in [1.82, 2.24) is 15.0 Å². The first-order valence-electron chi connectivity index (χ1n) is 7.54. The van der Waals surface area contributed by atoms with Crippen LogP contribution in [0.15, 0.2) is 36.5 Å². The highest BCUT2D eigenvalue weighted by atomic mass is 19.1. The summed E-state index contributed by atoms with van der Waals surface area (Å²) in [6.45, 7) is 5.98. The number of hydrogen-bond acceptors (Lipinski definition) is 3. The zero-order valence-corrected chi connectivity index (χ0v) is 13.7. The number of nitrogens with one attached hydrogen (secondary N) is 1. The fraction of sp³-hybridized carbons (Fsp3) is 0.222. The van der Waals surface area contributed by atoms with E-state index in [9.17, 15) is 8.78 Å². The highest BCUT2D eigenvalue weighted by molar-refractivity contribution is 5.84. The monoisotopic (exact) mass is 328 g/mol. The molecule has 3 aromatic rings. The maximum Gasteiger partial charge on any atom is 0.222 e. The molecule has 4 nitrogen and oxygen atoms in total. The molecule has 0 aliphatic heterocycles. The second-order valence-electron chi connectivity index (χ2n) is 6.63. The Morgan fingerprint density at radius 2 is 1.83 bits per heavy atom. The quantitative estimate of drug-likeness (QED) is 0.544. The van der Waals surface area contributed by atoms with Crippen molar-refractivity contribution in [2.45, 2.75) is 26.2 Å². The predicted molar refractivity (Wildman–Crippen MR) is 90.3 cm³/mol. The van der Waals surface area contributed by atoms with E-state index in [1.165, 1.54) is 18.3 Å². The van der Waals surface area contributed by atoms with Crippen LogP contribution in [0.3, 0.4) is 0 Å². The average Bonchev–Trinajstić information content (AvgIpc) is 2.92. The van der Waals surface area contributed by atoms with Gasteiger partial charge in [0.25, 0.3) is 0 Å². The topological polar surface area (TPSA) is 67.6 Å². The summed E-state index contributed by atoms with van der Waals surface area (Å²) in [5.74, 6) is -0.369. The second-order valence-corrected chi connectivity index (χ2v) is 6.63. The summed E-state index contributed by atoms with van der Waals surface area (Å²) >= 11 is 0. The van der Waals surface area contributed by atoms with Crippen LogP contribution in [0.25, 0.3) is 22.5 Å². The number of aromatic amines is 1. The van der Waals surface area contributed by atoms with E-state index in [4.69, 9.17) is 5.73 Å². The molecule has 124 valence electrons. The molecule has 0 saturated carbocycles. The third kappa shape index (κ3) is 2.87. The van der Waals surface area contributed by atoms with Crippen molar-refractivity contribution in [2.24, 2.45) is 0 Å². The minimum absolute atomic E-state index is 0.254. The van der Waals surface area contributed by atoms with Crippen molar-refractivity contribution in [3.63, 3.8) is 0 Å². The van der Waals surface area contributed by atoms with E-state index in [0.717, 1.165) is 0 Å². The highest BCUT2D eigenvalue weighted by Gasteiger charge is 2.24. The molecule has 24 heavy (non-hydrogen) atoms. The molecule has 0 spiro atoms. The summed E-state index contributed by atoms with van der Waals surface area (Å²) in [7, 11) is 0. The first-order chi connectivity index (χ1) is 11.3. The van der Waals surface area contributed by atoms with Crippen molar-refractivity contribution in [1.29, 1.82) is 0 Å². The molecule has 0 bridgehead atoms. The van der Waals surface area contributed by atoms with Crippen molar-refractivity contribution < 1.29 is 8.78 Å². The van der Waals surface area contributed by atoms with Gasteiger partial charge in [-0.2, -0.15) is 4.39 Å². The number of aromatic nitrogens is 3. The fourth-order valence-electron chi connectivity index (χ4n) is 2.44. The Kier molecular flexibility index (Phi) is 3.83. The Morgan fingerprint density at radius 1 is 1.08 bits per heavy atom. The van der Waals surface area contributed by atoms with Gasteiger partial charge in [0, 0.05) is 22.9 Å². The molecule has 1 aromatic carbocycles. The molecular weight excluding hydrogens is 310 g/mol. The largest absolute Gasteiger partial charge is 0.398 e. The maximum atomic E-state index is 14.2. The van der Waals surface area contributed by atoms with Crippen LogP contribution in [-0.4, -0.2) is 15.0 Å². The van der Waals surface area contributed by atoms with Gasteiger partial charge < -0.3 is 10.7 Å². The van der Waals surface area contributed by atoms with E-state index in [2.05, 4.69) is 15.0 Å². The Bertz CT molecular complexity index is 894. The first kappa shape index (κ1) is 16.1. The van der Waals surface area contributed by atoms with Crippen LogP contribution >= 0.6 is 0 Å². The number of hydrogen-bond donors (Lipinski definition) is 2. The van der Waals surface area contributed by atoms with E-state index in [0.29, 0.717) is 22.8 Å². The molecule has 0 fully saturated rings. The van der Waals surface area contributed by atoms with Crippen LogP contribution in [-0.2, 0) is 5.41 Å². The molecule has 0 amide bonds. The zero-order chi connectivity index (χ0) is 17.5. The zero-order valence-electron chi connectivity index (χ0n) is 13.7. The molecule has 0 saturated heterocycles. The van der Waals surface area contributed by atoms with Crippen LogP contribution in [0.5, 0.6) is 0 Å². The molecule has 0 unspecified atom stereocenters. The standard InChI is InChI=1S/C18H18F2N4/c1-18(2,3)17-23-14(11-7-6-10(19)9-13(11)21)15(24-17)12-5-4-8-22-16(12)20/h4-9H,21H2,1-3H3,(H,23,24). The van der Waals surface area contributed by atoms with Crippen molar-refractivity contribution in [3.8, 4) is 22.5 Å². The molecule has 3 rings (SSSR count). The minimum Gasteiger partial charge on any atom is -0.398 e. The van der Waals surface area contributed by atoms with Gasteiger partial charge in [-0.15, -0.1) is 0 Å². The summed E-state index contributed by atoms with van der Waals surface area (Å²) in [5.41, 5.74) is 7.72. The number of anilines is 1. The molecule has 0 aliphatic rings. The van der Waals surface area contributed by atoms with Crippen LogP contribution < -0.4 is 5.73 Å². The van der Waals surface area contributed by atoms with Crippen LogP contribution in [0.1, 0.15) is 26.6 Å². The highest BCUT2D eigenvalue weighted by Crippen LogP contribution is 2.36. The summed E-state index contributed by atoms with van der Waals surface area (Å²) < 4.78 is 27.6. The Morgan fingerprint density at radius 3 is 2.46 bits per heavy atom. The van der Waals surface area contributed by atoms with Gasteiger partial charge in [-0.25, -0.2) is 14.4 Å². The predicted octanol–water partition coefficient (Wildman–Crippen LogP) is 4.30. The molecule has 3 N–H and O–H groups in total. The lowest BCUT2D eigenvalue weighted by atomic mass is 9.96. The molecule has 6 heteroatoms. The number of imidazole rings is 1. The fourth-order valence-corrected chi connectivity index (χ4v) is 2.44. The van der Waals surface area contributed by atoms with Gasteiger partial charge in [-0.05, 0) is 30.3 Å². The number of halogens is 2. The molecule has 0 atom stereocenters. The third-order valence-electron chi connectivity index (χ3n) is 3.71. The second kappa shape index (κ2) is 5.70. The van der Waals surface area contributed by atoms with Gasteiger partial charge in [0.05, 0.1) is 11.3 Å². The van der Waals surface area contributed by atoms with E-state index >= 15 is 0 Å². The number of rotatable bonds is 2.